The normalized spacial score (nSPS) is 12.3. The van der Waals surface area contributed by atoms with Gasteiger partial charge in [-0.15, -0.1) is 0 Å². The van der Waals surface area contributed by atoms with Crippen LogP contribution in [0.4, 0.5) is 11.4 Å². The molecule has 2 aromatic carbocycles. The highest BCUT2D eigenvalue weighted by Gasteiger charge is 2.13. The van der Waals surface area contributed by atoms with Crippen molar-refractivity contribution in [1.29, 1.82) is 0 Å². The molecular weight excluding hydrogens is 593 g/mol. The van der Waals surface area contributed by atoms with Crippen LogP contribution in [0.1, 0.15) is 211 Å². The lowest BCUT2D eigenvalue weighted by Gasteiger charge is -2.15. The van der Waals surface area contributed by atoms with Crippen molar-refractivity contribution in [1.82, 2.24) is 0 Å². The van der Waals surface area contributed by atoms with E-state index in [0.717, 1.165) is 24.2 Å². The van der Waals surface area contributed by atoms with Gasteiger partial charge in [0.25, 0.3) is 0 Å². The summed E-state index contributed by atoms with van der Waals surface area (Å²) in [6, 6.07) is 14.3. The topological polar surface area (TPSA) is 24.7 Å². The van der Waals surface area contributed by atoms with Crippen molar-refractivity contribution in [2.75, 3.05) is 0 Å². The van der Waals surface area contributed by atoms with E-state index in [0.29, 0.717) is 0 Å². The Labute approximate surface area is 305 Å². The van der Waals surface area contributed by atoms with Gasteiger partial charge in [-0.25, -0.2) is 0 Å². The maximum Gasteiger partial charge on any atom is 0.0636 e. The molecule has 49 heavy (non-hydrogen) atoms. The molecule has 0 amide bonds. The molecular formula is C47H78N2. The molecule has 0 radical (unpaired) electrons. The van der Waals surface area contributed by atoms with Crippen LogP contribution < -0.4 is 0 Å². The molecule has 0 bridgehead atoms. The lowest BCUT2D eigenvalue weighted by molar-refractivity contribution is 0.616. The van der Waals surface area contributed by atoms with Gasteiger partial charge in [0.1, 0.15) is 0 Å². The lowest BCUT2D eigenvalue weighted by atomic mass is 9.96. The fourth-order valence-corrected chi connectivity index (χ4v) is 7.04. The van der Waals surface area contributed by atoms with Gasteiger partial charge in [-0.1, -0.05) is 150 Å². The van der Waals surface area contributed by atoms with Crippen LogP contribution in [-0.2, 0) is 25.7 Å². The van der Waals surface area contributed by atoms with Crippen molar-refractivity contribution in [3.8, 4) is 0 Å². The quantitative estimate of drug-likeness (QED) is 0.0584. The molecule has 0 fully saturated rings. The number of hydrogen-bond acceptors (Lipinski definition) is 2. The Balaban J connectivity index is 2.56. The molecule has 0 N–H and O–H groups in total. The summed E-state index contributed by atoms with van der Waals surface area (Å²) in [5.74, 6) is 0. The zero-order chi connectivity index (χ0) is 35.4. The average molecular weight is 671 g/mol. The summed E-state index contributed by atoms with van der Waals surface area (Å²) in [4.78, 5) is 11.0. The van der Waals surface area contributed by atoms with Gasteiger partial charge < -0.3 is 0 Å². The molecule has 0 spiro atoms. The second kappa shape index (κ2) is 28.5. The van der Waals surface area contributed by atoms with Crippen molar-refractivity contribution in [3.63, 3.8) is 0 Å². The summed E-state index contributed by atoms with van der Waals surface area (Å²) < 4.78 is 0. The Hall–Kier alpha value is -2.22. The molecule has 0 aliphatic carbocycles. The van der Waals surface area contributed by atoms with Gasteiger partial charge in [-0.3, -0.25) is 9.98 Å². The van der Waals surface area contributed by atoms with E-state index in [1.165, 1.54) is 183 Å². The van der Waals surface area contributed by atoms with E-state index in [2.05, 4.69) is 77.9 Å². The molecule has 0 atom stereocenters. The van der Waals surface area contributed by atoms with Crippen LogP contribution in [0.5, 0.6) is 0 Å². The minimum absolute atomic E-state index is 1.02. The number of unbranched alkanes of at least 4 members (excludes halogenated alkanes) is 15. The number of rotatable bonds is 30. The summed E-state index contributed by atoms with van der Waals surface area (Å²) >= 11 is 0. The first-order valence-electron chi connectivity index (χ1n) is 21.5. The SMILES string of the molecule is CCCCCCCCC(=Nc1ccc(CCCCC)c(CCCCC)c1)C(CCCCC)=Nc1ccc(CCCCC)c(CCCCC)c1. The predicted octanol–water partition coefficient (Wildman–Crippen LogP) is 15.8. The van der Waals surface area contributed by atoms with E-state index in [1.54, 1.807) is 11.1 Å². The van der Waals surface area contributed by atoms with Crippen molar-refractivity contribution < 1.29 is 0 Å². The van der Waals surface area contributed by atoms with E-state index in [9.17, 15) is 0 Å². The maximum atomic E-state index is 5.53. The predicted molar refractivity (Wildman–Crippen MR) is 222 cm³/mol. The Morgan fingerprint density at radius 2 is 0.653 bits per heavy atom. The van der Waals surface area contributed by atoms with Gasteiger partial charge >= 0.3 is 0 Å². The minimum Gasteiger partial charge on any atom is -0.252 e. The monoisotopic (exact) mass is 671 g/mol. The van der Waals surface area contributed by atoms with Crippen molar-refractivity contribution in [2.45, 2.75) is 215 Å². The summed E-state index contributed by atoms with van der Waals surface area (Å²) in [6.45, 7) is 13.8. The van der Waals surface area contributed by atoms with Gasteiger partial charge in [-0.05, 0) is 124 Å². The highest BCUT2D eigenvalue weighted by Crippen LogP contribution is 2.27. The molecule has 0 aliphatic heterocycles. The van der Waals surface area contributed by atoms with Crippen LogP contribution in [0.25, 0.3) is 0 Å². The van der Waals surface area contributed by atoms with Crippen LogP contribution in [0.15, 0.2) is 46.4 Å². The number of benzene rings is 2. The summed E-state index contributed by atoms with van der Waals surface area (Å²) in [6.07, 6.45) is 33.7. The van der Waals surface area contributed by atoms with Gasteiger partial charge in [0.2, 0.25) is 0 Å². The Morgan fingerprint density at radius 3 is 1.06 bits per heavy atom. The van der Waals surface area contributed by atoms with Crippen LogP contribution in [0.3, 0.4) is 0 Å². The molecule has 2 aromatic rings. The fraction of sp³-hybridized carbons (Fsp3) is 0.702. The van der Waals surface area contributed by atoms with Crippen LogP contribution >= 0.6 is 0 Å². The highest BCUT2D eigenvalue weighted by molar-refractivity contribution is 6.43. The molecule has 0 saturated heterocycles. The lowest BCUT2D eigenvalue weighted by Crippen LogP contribution is -2.14. The van der Waals surface area contributed by atoms with E-state index in [-0.39, 0.29) is 0 Å². The van der Waals surface area contributed by atoms with Crippen molar-refractivity contribution in [3.05, 3.63) is 58.7 Å². The second-order valence-electron chi connectivity index (χ2n) is 14.8. The van der Waals surface area contributed by atoms with E-state index < -0.39 is 0 Å². The smallest absolute Gasteiger partial charge is 0.0636 e. The molecule has 2 rings (SSSR count). The molecule has 2 heteroatoms. The number of aliphatic imine (C=N–C) groups is 2. The van der Waals surface area contributed by atoms with E-state index >= 15 is 0 Å². The molecule has 0 heterocycles. The summed E-state index contributed by atoms with van der Waals surface area (Å²) in [5.41, 5.74) is 10.9. The van der Waals surface area contributed by atoms with Gasteiger partial charge in [0, 0.05) is 0 Å². The Bertz CT molecular complexity index is 1170. The molecule has 2 nitrogen and oxygen atoms in total. The number of nitrogens with zero attached hydrogens (tertiary/aromatic N) is 2. The largest absolute Gasteiger partial charge is 0.252 e. The zero-order valence-electron chi connectivity index (χ0n) is 33.5. The van der Waals surface area contributed by atoms with Crippen LogP contribution in [0, 0.1) is 0 Å². The van der Waals surface area contributed by atoms with Crippen molar-refractivity contribution in [2.24, 2.45) is 9.98 Å². The van der Waals surface area contributed by atoms with Crippen LogP contribution in [0.2, 0.25) is 0 Å². The average Bonchev–Trinajstić information content (AvgIpc) is 3.11. The first-order chi connectivity index (χ1) is 24.1. The maximum absolute atomic E-state index is 5.53. The van der Waals surface area contributed by atoms with E-state index in [4.69, 9.17) is 9.98 Å². The first-order valence-corrected chi connectivity index (χ1v) is 21.5. The van der Waals surface area contributed by atoms with Gasteiger partial charge in [0.05, 0.1) is 22.8 Å². The molecule has 0 aliphatic rings. The standard InChI is InChI=1S/C47H78N2/c1-7-13-19-20-21-27-33-47(49-45-37-35-41(29-23-15-9-3)43(39-45)31-25-17-11-5)46(32-26-18-12-6)48-44-36-34-40(28-22-14-8-2)42(38-44)30-24-16-10-4/h34-39H,7-33H2,1-6H3. The molecule has 0 unspecified atom stereocenters. The summed E-state index contributed by atoms with van der Waals surface area (Å²) in [7, 11) is 0. The minimum atomic E-state index is 1.02. The fourth-order valence-electron chi connectivity index (χ4n) is 7.04. The molecule has 276 valence electrons. The third-order valence-corrected chi connectivity index (χ3v) is 10.2. The first kappa shape index (κ1) is 42.9. The summed E-state index contributed by atoms with van der Waals surface area (Å²) in [5, 5.41) is 0. The second-order valence-corrected chi connectivity index (χ2v) is 14.8. The van der Waals surface area contributed by atoms with Gasteiger partial charge in [0.15, 0.2) is 0 Å². The number of hydrogen-bond donors (Lipinski definition) is 0. The van der Waals surface area contributed by atoms with Crippen molar-refractivity contribution >= 4 is 22.8 Å². The third-order valence-electron chi connectivity index (χ3n) is 10.2. The van der Waals surface area contributed by atoms with E-state index in [1.807, 2.05) is 0 Å². The Kier molecular flexibility index (Phi) is 25.0. The number of aryl methyl sites for hydroxylation is 4. The molecule has 0 aromatic heterocycles. The Morgan fingerprint density at radius 1 is 0.347 bits per heavy atom. The third kappa shape index (κ3) is 18.5. The highest BCUT2D eigenvalue weighted by atomic mass is 14.8. The zero-order valence-corrected chi connectivity index (χ0v) is 33.5. The molecule has 0 saturated carbocycles. The van der Waals surface area contributed by atoms with Crippen LogP contribution in [-0.4, -0.2) is 11.4 Å². The van der Waals surface area contributed by atoms with Gasteiger partial charge in [-0.2, -0.15) is 0 Å².